The molecule has 0 saturated carbocycles. The van der Waals surface area contributed by atoms with Crippen molar-refractivity contribution in [1.82, 2.24) is 0 Å². The van der Waals surface area contributed by atoms with Gasteiger partial charge in [0.2, 0.25) is 5.91 Å². The number of amides is 1. The van der Waals surface area contributed by atoms with Crippen molar-refractivity contribution in [3.8, 4) is 5.75 Å². The summed E-state index contributed by atoms with van der Waals surface area (Å²) in [6.45, 7) is 1.39. The molecule has 0 aliphatic carbocycles. The van der Waals surface area contributed by atoms with Crippen LogP contribution >= 0.6 is 11.8 Å². The predicted octanol–water partition coefficient (Wildman–Crippen LogP) is 6.27. The van der Waals surface area contributed by atoms with Crippen molar-refractivity contribution in [2.75, 3.05) is 23.3 Å². The van der Waals surface area contributed by atoms with Crippen LogP contribution in [-0.2, 0) is 20.6 Å². The van der Waals surface area contributed by atoms with E-state index in [1.165, 1.54) is 48.4 Å². The van der Waals surface area contributed by atoms with Crippen LogP contribution in [0.3, 0.4) is 0 Å². The molecule has 0 heterocycles. The van der Waals surface area contributed by atoms with Crippen LogP contribution in [0.15, 0.2) is 107 Å². The molecule has 0 bridgehead atoms. The minimum absolute atomic E-state index is 0.0214. The van der Waals surface area contributed by atoms with Gasteiger partial charge in [-0.1, -0.05) is 30.3 Å². The zero-order valence-corrected chi connectivity index (χ0v) is 22.6. The largest absolute Gasteiger partial charge is 0.497 e. The monoisotopic (exact) mass is 550 g/mol. The average Bonchev–Trinajstić information content (AvgIpc) is 2.93. The highest BCUT2D eigenvalue weighted by molar-refractivity contribution is 7.98. The first-order valence-electron chi connectivity index (χ1n) is 11.8. The summed E-state index contributed by atoms with van der Waals surface area (Å²) >= 11 is 1.72. The Labute approximate surface area is 226 Å². The smallest absolute Gasteiger partial charge is 0.264 e. The molecule has 0 aliphatic heterocycles. The van der Waals surface area contributed by atoms with Gasteiger partial charge >= 0.3 is 0 Å². The van der Waals surface area contributed by atoms with Crippen LogP contribution in [0.4, 0.5) is 15.8 Å². The first-order valence-corrected chi connectivity index (χ1v) is 14.2. The second-order valence-electron chi connectivity index (χ2n) is 8.46. The van der Waals surface area contributed by atoms with Crippen molar-refractivity contribution in [3.63, 3.8) is 0 Å². The maximum absolute atomic E-state index is 13.6. The molecule has 4 aromatic rings. The van der Waals surface area contributed by atoms with E-state index in [4.69, 9.17) is 4.74 Å². The molecular formula is C29H27FN2O4S2. The predicted molar refractivity (Wildman–Crippen MR) is 150 cm³/mol. The second-order valence-corrected chi connectivity index (χ2v) is 11.4. The van der Waals surface area contributed by atoms with Crippen molar-refractivity contribution in [2.45, 2.75) is 22.5 Å². The molecule has 4 aromatic carbocycles. The third-order valence-corrected chi connectivity index (χ3v) is 8.63. The molecular weight excluding hydrogens is 523 g/mol. The SMILES string of the molecule is COc1ccc(S(=O)(=O)N(CC(=O)Nc2ccc(CSc3ccccc3)cc2C)c2ccc(F)cc2)cc1. The number of anilines is 2. The molecule has 0 saturated heterocycles. The van der Waals surface area contributed by atoms with Gasteiger partial charge < -0.3 is 10.1 Å². The van der Waals surface area contributed by atoms with Crippen LogP contribution in [0, 0.1) is 12.7 Å². The molecule has 9 heteroatoms. The number of thioether (sulfide) groups is 1. The summed E-state index contributed by atoms with van der Waals surface area (Å²) < 4.78 is 46.7. The van der Waals surface area contributed by atoms with E-state index in [0.29, 0.717) is 11.4 Å². The summed E-state index contributed by atoms with van der Waals surface area (Å²) in [5, 5.41) is 2.82. The number of sulfonamides is 1. The van der Waals surface area contributed by atoms with Gasteiger partial charge in [-0.25, -0.2) is 12.8 Å². The Morgan fingerprint density at radius 3 is 2.26 bits per heavy atom. The molecule has 0 aromatic heterocycles. The topological polar surface area (TPSA) is 75.7 Å². The van der Waals surface area contributed by atoms with Gasteiger partial charge in [0.25, 0.3) is 10.0 Å². The number of aryl methyl sites for hydroxylation is 1. The molecule has 0 spiro atoms. The number of ether oxygens (including phenoxy) is 1. The highest BCUT2D eigenvalue weighted by Gasteiger charge is 2.27. The zero-order valence-electron chi connectivity index (χ0n) is 20.9. The molecule has 38 heavy (non-hydrogen) atoms. The zero-order chi connectivity index (χ0) is 27.1. The number of halogens is 1. The van der Waals surface area contributed by atoms with E-state index in [-0.39, 0.29) is 10.6 Å². The van der Waals surface area contributed by atoms with E-state index in [2.05, 4.69) is 17.4 Å². The Bertz CT molecular complexity index is 1490. The Morgan fingerprint density at radius 1 is 0.947 bits per heavy atom. The number of nitrogens with one attached hydrogen (secondary N) is 1. The summed E-state index contributed by atoms with van der Waals surface area (Å²) in [6.07, 6.45) is 0. The van der Waals surface area contributed by atoms with Crippen LogP contribution in [0.5, 0.6) is 5.75 Å². The fourth-order valence-corrected chi connectivity index (χ4v) is 6.04. The van der Waals surface area contributed by atoms with E-state index < -0.39 is 28.3 Å². The van der Waals surface area contributed by atoms with E-state index in [9.17, 15) is 17.6 Å². The van der Waals surface area contributed by atoms with E-state index >= 15 is 0 Å². The number of nitrogens with zero attached hydrogens (tertiary/aromatic N) is 1. The van der Waals surface area contributed by atoms with Gasteiger partial charge in [0.15, 0.2) is 0 Å². The number of carbonyl (C=O) groups is 1. The molecule has 6 nitrogen and oxygen atoms in total. The number of benzene rings is 4. The molecule has 1 N–H and O–H groups in total. The Hall–Kier alpha value is -3.82. The van der Waals surface area contributed by atoms with Crippen LogP contribution in [-0.4, -0.2) is 28.0 Å². The maximum Gasteiger partial charge on any atom is 0.264 e. The van der Waals surface area contributed by atoms with Gasteiger partial charge in [-0.2, -0.15) is 0 Å². The summed E-state index contributed by atoms with van der Waals surface area (Å²) in [4.78, 5) is 14.2. The van der Waals surface area contributed by atoms with Crippen LogP contribution < -0.4 is 14.4 Å². The molecule has 1 amide bonds. The first kappa shape index (κ1) is 27.2. The van der Waals surface area contributed by atoms with Crippen molar-refractivity contribution < 1.29 is 22.3 Å². The van der Waals surface area contributed by atoms with Gasteiger partial charge in [-0.05, 0) is 84.8 Å². The lowest BCUT2D eigenvalue weighted by molar-refractivity contribution is -0.114. The van der Waals surface area contributed by atoms with E-state index in [0.717, 1.165) is 33.3 Å². The third-order valence-electron chi connectivity index (χ3n) is 5.76. The minimum atomic E-state index is -4.14. The average molecular weight is 551 g/mol. The van der Waals surface area contributed by atoms with Crippen molar-refractivity contribution >= 4 is 39.1 Å². The van der Waals surface area contributed by atoms with Crippen LogP contribution in [0.2, 0.25) is 0 Å². The lowest BCUT2D eigenvalue weighted by Gasteiger charge is -2.24. The Morgan fingerprint density at radius 2 is 1.63 bits per heavy atom. The van der Waals surface area contributed by atoms with Gasteiger partial charge in [-0.15, -0.1) is 11.8 Å². The first-order chi connectivity index (χ1) is 18.3. The van der Waals surface area contributed by atoms with E-state index in [1.54, 1.807) is 11.8 Å². The van der Waals surface area contributed by atoms with Gasteiger partial charge in [0, 0.05) is 16.3 Å². The quantitative estimate of drug-likeness (QED) is 0.236. The highest BCUT2D eigenvalue weighted by atomic mass is 32.2. The van der Waals surface area contributed by atoms with Crippen LogP contribution in [0.25, 0.3) is 0 Å². The summed E-state index contributed by atoms with van der Waals surface area (Å²) in [6, 6.07) is 26.6. The number of rotatable bonds is 10. The van der Waals surface area contributed by atoms with E-state index in [1.807, 2.05) is 43.3 Å². The molecule has 0 atom stereocenters. The molecule has 196 valence electrons. The lowest BCUT2D eigenvalue weighted by Crippen LogP contribution is -2.38. The van der Waals surface area contributed by atoms with Gasteiger partial charge in [-0.3, -0.25) is 9.10 Å². The number of hydrogen-bond donors (Lipinski definition) is 1. The molecule has 0 radical (unpaired) electrons. The number of hydrogen-bond acceptors (Lipinski definition) is 5. The summed E-state index contributed by atoms with van der Waals surface area (Å²) in [5.41, 5.74) is 2.71. The summed E-state index contributed by atoms with van der Waals surface area (Å²) in [5.74, 6) is 0.232. The standard InChI is InChI=1S/C29H27FN2O4S2/c1-21-18-22(20-37-26-6-4-3-5-7-26)8-17-28(21)31-29(33)19-32(24-11-9-23(30)10-12-24)38(34,35)27-15-13-25(36-2)14-16-27/h3-18H,19-20H2,1-2H3,(H,31,33). The molecule has 0 unspecified atom stereocenters. The second kappa shape index (κ2) is 12.1. The summed E-state index contributed by atoms with van der Waals surface area (Å²) in [7, 11) is -2.66. The molecule has 0 fully saturated rings. The van der Waals surface area contributed by atoms with Crippen molar-refractivity contribution in [1.29, 1.82) is 0 Å². The van der Waals surface area contributed by atoms with Gasteiger partial charge in [0.05, 0.1) is 17.7 Å². The lowest BCUT2D eigenvalue weighted by atomic mass is 10.1. The normalized spacial score (nSPS) is 11.1. The van der Waals surface area contributed by atoms with Gasteiger partial charge in [0.1, 0.15) is 18.1 Å². The fraction of sp³-hybridized carbons (Fsp3) is 0.138. The fourth-order valence-electron chi connectivity index (χ4n) is 3.76. The van der Waals surface area contributed by atoms with Crippen LogP contribution in [0.1, 0.15) is 11.1 Å². The van der Waals surface area contributed by atoms with Crippen molar-refractivity contribution in [2.24, 2.45) is 0 Å². The maximum atomic E-state index is 13.6. The third kappa shape index (κ3) is 6.73. The Balaban J connectivity index is 1.52. The molecule has 0 aliphatic rings. The number of methoxy groups -OCH3 is 1. The van der Waals surface area contributed by atoms with Crippen molar-refractivity contribution in [3.05, 3.63) is 114 Å². The number of carbonyl (C=O) groups excluding carboxylic acids is 1. The minimum Gasteiger partial charge on any atom is -0.497 e. The molecule has 4 rings (SSSR count). The highest BCUT2D eigenvalue weighted by Crippen LogP contribution is 2.27. The Kier molecular flexibility index (Phi) is 8.70.